The second-order valence-corrected chi connectivity index (χ2v) is 8.19. The van der Waals surface area contributed by atoms with Gasteiger partial charge in [0.1, 0.15) is 0 Å². The number of alkyl halides is 3. The van der Waals surface area contributed by atoms with E-state index in [1.807, 2.05) is 6.07 Å². The van der Waals surface area contributed by atoms with Crippen molar-refractivity contribution < 1.29 is 27.2 Å². The smallest absolute Gasteiger partial charge is 0.437 e. The number of hydrogen-bond acceptors (Lipinski definition) is 8. The third-order valence-electron chi connectivity index (χ3n) is 6.15. The molecule has 1 fully saturated rings. The van der Waals surface area contributed by atoms with Crippen LogP contribution in [0.25, 0.3) is 27.9 Å². The van der Waals surface area contributed by atoms with Crippen LogP contribution in [-0.4, -0.2) is 43.9 Å². The van der Waals surface area contributed by atoms with Gasteiger partial charge >= 0.3 is 12.2 Å². The summed E-state index contributed by atoms with van der Waals surface area (Å²) >= 11 is 0. The summed E-state index contributed by atoms with van der Waals surface area (Å²) in [4.78, 5) is 12.8. The summed E-state index contributed by atoms with van der Waals surface area (Å²) in [5.41, 5.74) is 2.62. The van der Waals surface area contributed by atoms with Crippen LogP contribution in [0.5, 0.6) is 11.9 Å². The number of fused-ring (bicyclic) bond motifs is 2. The van der Waals surface area contributed by atoms with E-state index in [-0.39, 0.29) is 28.8 Å². The molecule has 9 nitrogen and oxygen atoms in total. The molecule has 1 aliphatic rings. The van der Waals surface area contributed by atoms with Gasteiger partial charge in [-0.2, -0.15) is 23.3 Å². The number of halogens is 3. The molecule has 35 heavy (non-hydrogen) atoms. The minimum Gasteiger partial charge on any atom is -0.480 e. The van der Waals surface area contributed by atoms with E-state index in [2.05, 4.69) is 25.2 Å². The van der Waals surface area contributed by atoms with Crippen molar-refractivity contribution in [2.45, 2.75) is 24.4 Å². The van der Waals surface area contributed by atoms with Gasteiger partial charge < -0.3 is 14.0 Å². The Morgan fingerprint density at radius 1 is 1.09 bits per heavy atom. The zero-order chi connectivity index (χ0) is 24.3. The van der Waals surface area contributed by atoms with E-state index >= 15 is 0 Å². The fraction of sp³-hybridized carbons (Fsp3) is 0.261. The maximum atomic E-state index is 13.3. The second-order valence-electron chi connectivity index (χ2n) is 8.19. The molecule has 0 saturated heterocycles. The number of benzene rings is 1. The average Bonchev–Trinajstić information content (AvgIpc) is 3.29. The van der Waals surface area contributed by atoms with E-state index < -0.39 is 11.9 Å². The predicted octanol–water partition coefficient (Wildman–Crippen LogP) is 4.63. The highest BCUT2D eigenvalue weighted by molar-refractivity contribution is 5.81. The molecule has 0 aliphatic heterocycles. The fourth-order valence-electron chi connectivity index (χ4n) is 4.42. The molecule has 0 radical (unpaired) electrons. The lowest BCUT2D eigenvalue weighted by molar-refractivity contribution is -0.141. The zero-order valence-corrected chi connectivity index (χ0v) is 18.4. The first-order valence-electron chi connectivity index (χ1n) is 10.6. The van der Waals surface area contributed by atoms with Crippen LogP contribution in [0.2, 0.25) is 0 Å². The molecule has 5 aromatic rings. The number of imidazole rings is 1. The molecule has 6 rings (SSSR count). The van der Waals surface area contributed by atoms with Crippen LogP contribution in [0.3, 0.4) is 0 Å². The quantitative estimate of drug-likeness (QED) is 0.357. The molecular formula is C23H17F3N6O3. The fourth-order valence-corrected chi connectivity index (χ4v) is 4.42. The molecule has 0 N–H and O–H groups in total. The Bertz CT molecular complexity index is 1580. The Kier molecular flexibility index (Phi) is 4.66. The van der Waals surface area contributed by atoms with E-state index in [9.17, 15) is 13.2 Å². The summed E-state index contributed by atoms with van der Waals surface area (Å²) in [6.45, 7) is 0. The van der Waals surface area contributed by atoms with E-state index in [1.54, 1.807) is 29.2 Å². The number of hydrogen-bond donors (Lipinski definition) is 0. The van der Waals surface area contributed by atoms with Gasteiger partial charge in [-0.05, 0) is 42.0 Å². The highest BCUT2D eigenvalue weighted by Gasteiger charge is 2.43. The topological polar surface area (TPSA) is 100 Å². The number of ether oxygens (including phenoxy) is 2. The molecule has 178 valence electrons. The van der Waals surface area contributed by atoms with Gasteiger partial charge in [0, 0.05) is 24.2 Å². The van der Waals surface area contributed by atoms with Crippen molar-refractivity contribution in [2.24, 2.45) is 0 Å². The van der Waals surface area contributed by atoms with Crippen LogP contribution >= 0.6 is 0 Å². The molecule has 0 unspecified atom stereocenters. The lowest BCUT2D eigenvalue weighted by atomic mass is 10.0. The van der Waals surface area contributed by atoms with E-state index in [1.165, 1.54) is 26.4 Å². The lowest BCUT2D eigenvalue weighted by Crippen LogP contribution is -2.05. The van der Waals surface area contributed by atoms with Gasteiger partial charge in [-0.15, -0.1) is 0 Å². The monoisotopic (exact) mass is 482 g/mol. The van der Waals surface area contributed by atoms with Crippen molar-refractivity contribution >= 4 is 16.6 Å². The van der Waals surface area contributed by atoms with Crippen molar-refractivity contribution in [1.82, 2.24) is 29.7 Å². The molecule has 1 aliphatic carbocycles. The van der Waals surface area contributed by atoms with Crippen LogP contribution in [0.15, 0.2) is 47.4 Å². The van der Waals surface area contributed by atoms with Crippen molar-refractivity contribution in [1.29, 1.82) is 0 Å². The van der Waals surface area contributed by atoms with Gasteiger partial charge in [0.2, 0.25) is 5.88 Å². The molecule has 4 heterocycles. The summed E-state index contributed by atoms with van der Waals surface area (Å²) in [7, 11) is 2.96. The van der Waals surface area contributed by atoms with Gasteiger partial charge in [-0.25, -0.2) is 14.5 Å². The van der Waals surface area contributed by atoms with Gasteiger partial charge in [0.25, 0.3) is 0 Å². The molecule has 2 atom stereocenters. The van der Waals surface area contributed by atoms with Crippen LogP contribution < -0.4 is 9.47 Å². The zero-order valence-electron chi connectivity index (χ0n) is 18.4. The SMILES string of the molecule is COc1ncc(-c2cc([C@H]3C[C@H]3c3ccc4onc(C(F)(F)F)c4c3)c3nccn3n2)c(OC)n1. The molecule has 0 spiro atoms. The first kappa shape index (κ1) is 21.3. The van der Waals surface area contributed by atoms with Crippen LogP contribution in [0, 0.1) is 0 Å². The minimum absolute atomic E-state index is 0.0140. The van der Waals surface area contributed by atoms with Crippen molar-refractivity contribution in [3.05, 3.63) is 59.7 Å². The summed E-state index contributed by atoms with van der Waals surface area (Å²) in [5, 5.41) is 7.80. The van der Waals surface area contributed by atoms with Crippen molar-refractivity contribution in [3.63, 3.8) is 0 Å². The predicted molar refractivity (Wildman–Crippen MR) is 116 cm³/mol. The number of nitrogens with zero attached hydrogens (tertiary/aromatic N) is 6. The van der Waals surface area contributed by atoms with Gasteiger partial charge in [0.15, 0.2) is 16.9 Å². The number of methoxy groups -OCH3 is 2. The molecule has 12 heteroatoms. The highest BCUT2D eigenvalue weighted by Crippen LogP contribution is 2.56. The Morgan fingerprint density at radius 3 is 2.71 bits per heavy atom. The first-order chi connectivity index (χ1) is 16.9. The van der Waals surface area contributed by atoms with Crippen LogP contribution in [-0.2, 0) is 6.18 Å². The molecule has 0 amide bonds. The normalized spacial score (nSPS) is 17.7. The minimum atomic E-state index is -4.59. The standard InChI is InChI=1S/C23H17F3N6O3/c1-33-21-16(10-28-22(29-21)34-2)17-9-14(20-27-5-6-32(20)30-17)13-8-12(13)11-3-4-18-15(7-11)19(31-35-18)23(24,25)26/h3-7,9-10,12-13H,8H2,1-2H3/t12-,13-/m0/s1. The molecule has 1 saturated carbocycles. The molecule has 4 aromatic heterocycles. The van der Waals surface area contributed by atoms with Gasteiger partial charge in [-0.3, -0.25) is 0 Å². The first-order valence-corrected chi connectivity index (χ1v) is 10.6. The van der Waals surface area contributed by atoms with Gasteiger partial charge in [0.05, 0.1) is 30.9 Å². The van der Waals surface area contributed by atoms with E-state index in [0.29, 0.717) is 22.8 Å². The number of aromatic nitrogens is 6. The van der Waals surface area contributed by atoms with Crippen molar-refractivity contribution in [2.75, 3.05) is 14.2 Å². The Labute approximate surface area is 195 Å². The summed E-state index contributed by atoms with van der Waals surface area (Å²) in [6, 6.07) is 6.90. The van der Waals surface area contributed by atoms with Crippen LogP contribution in [0.1, 0.15) is 35.1 Å². The van der Waals surface area contributed by atoms with Crippen LogP contribution in [0.4, 0.5) is 13.2 Å². The third-order valence-corrected chi connectivity index (χ3v) is 6.15. The van der Waals surface area contributed by atoms with E-state index in [0.717, 1.165) is 17.5 Å². The maximum Gasteiger partial charge on any atom is 0.437 e. The Hall–Kier alpha value is -4.22. The largest absolute Gasteiger partial charge is 0.480 e. The van der Waals surface area contributed by atoms with Crippen molar-refractivity contribution in [3.8, 4) is 23.1 Å². The molecule has 1 aromatic carbocycles. The second kappa shape index (κ2) is 7.65. The number of rotatable bonds is 5. The van der Waals surface area contributed by atoms with Gasteiger partial charge in [-0.1, -0.05) is 11.2 Å². The maximum absolute atomic E-state index is 13.3. The lowest BCUT2D eigenvalue weighted by Gasteiger charge is -2.11. The summed E-state index contributed by atoms with van der Waals surface area (Å²) in [6.07, 6.45) is 1.11. The highest BCUT2D eigenvalue weighted by atomic mass is 19.4. The van der Waals surface area contributed by atoms with E-state index in [4.69, 9.17) is 14.0 Å². The Balaban J connectivity index is 1.40. The summed E-state index contributed by atoms with van der Waals surface area (Å²) < 4.78 is 57.0. The third kappa shape index (κ3) is 3.52. The molecule has 0 bridgehead atoms. The average molecular weight is 482 g/mol. The summed E-state index contributed by atoms with van der Waals surface area (Å²) in [5.74, 6) is 0.360. The Morgan fingerprint density at radius 2 is 1.94 bits per heavy atom. The molecular weight excluding hydrogens is 465 g/mol.